The van der Waals surface area contributed by atoms with Crippen LogP contribution in [0.2, 0.25) is 0 Å². The molecule has 2 aliphatic heterocycles. The fraction of sp³-hybridized carbons (Fsp3) is 0.947. The molecular formula is C19H34N2O3. The van der Waals surface area contributed by atoms with Gasteiger partial charge in [-0.1, -0.05) is 13.8 Å². The summed E-state index contributed by atoms with van der Waals surface area (Å²) in [6.45, 7) is 12.9. The SMILES string of the molecule is CC(C)(C)OC(=O)N1CCC[C@H](N[C@@H]2[C@@H]3CCO[C@H]3C2(C)C)CC1. The topological polar surface area (TPSA) is 50.8 Å². The van der Waals surface area contributed by atoms with E-state index < -0.39 is 5.60 Å². The number of hydrogen-bond acceptors (Lipinski definition) is 4. The lowest BCUT2D eigenvalue weighted by molar-refractivity contribution is -0.115. The van der Waals surface area contributed by atoms with E-state index in [0.29, 0.717) is 24.1 Å². The predicted molar refractivity (Wildman–Crippen MR) is 94.0 cm³/mol. The summed E-state index contributed by atoms with van der Waals surface area (Å²) in [5, 5.41) is 3.91. The summed E-state index contributed by atoms with van der Waals surface area (Å²) in [5.41, 5.74) is -0.202. The highest BCUT2D eigenvalue weighted by atomic mass is 16.6. The largest absolute Gasteiger partial charge is 0.444 e. The van der Waals surface area contributed by atoms with Gasteiger partial charge in [-0.2, -0.15) is 0 Å². The second kappa shape index (κ2) is 6.49. The minimum Gasteiger partial charge on any atom is -0.444 e. The van der Waals surface area contributed by atoms with Gasteiger partial charge in [-0.25, -0.2) is 4.79 Å². The van der Waals surface area contributed by atoms with Crippen molar-refractivity contribution in [3.05, 3.63) is 0 Å². The molecule has 0 unspecified atom stereocenters. The van der Waals surface area contributed by atoms with Crippen LogP contribution in [0, 0.1) is 11.3 Å². The highest BCUT2D eigenvalue weighted by molar-refractivity contribution is 5.68. The van der Waals surface area contributed by atoms with Crippen LogP contribution in [0.1, 0.15) is 60.3 Å². The average molecular weight is 338 g/mol. The molecule has 2 saturated heterocycles. The zero-order chi connectivity index (χ0) is 17.5. The smallest absolute Gasteiger partial charge is 0.410 e. The van der Waals surface area contributed by atoms with Gasteiger partial charge in [-0.15, -0.1) is 0 Å². The van der Waals surface area contributed by atoms with Gasteiger partial charge in [0, 0.05) is 43.1 Å². The predicted octanol–water partition coefficient (Wildman–Crippen LogP) is 3.18. The Hall–Kier alpha value is -0.810. The fourth-order valence-electron chi connectivity index (χ4n) is 4.69. The Labute approximate surface area is 146 Å². The Kier molecular flexibility index (Phi) is 4.86. The Morgan fingerprint density at radius 3 is 2.67 bits per heavy atom. The molecule has 0 aromatic carbocycles. The van der Waals surface area contributed by atoms with E-state index in [1.807, 2.05) is 25.7 Å². The number of fused-ring (bicyclic) bond motifs is 1. The van der Waals surface area contributed by atoms with E-state index in [-0.39, 0.29) is 11.5 Å². The number of nitrogens with zero attached hydrogens (tertiary/aromatic N) is 1. The third kappa shape index (κ3) is 3.57. The van der Waals surface area contributed by atoms with Crippen LogP contribution in [-0.4, -0.2) is 54.5 Å². The number of ether oxygens (including phenoxy) is 2. The maximum Gasteiger partial charge on any atom is 0.410 e. The molecule has 138 valence electrons. The zero-order valence-corrected chi connectivity index (χ0v) is 15.9. The minimum atomic E-state index is -0.422. The van der Waals surface area contributed by atoms with Gasteiger partial charge in [0.1, 0.15) is 5.60 Å². The molecule has 2 heterocycles. The lowest BCUT2D eigenvalue weighted by Crippen LogP contribution is -2.67. The first-order valence-corrected chi connectivity index (χ1v) is 9.54. The van der Waals surface area contributed by atoms with Crippen molar-refractivity contribution >= 4 is 6.09 Å². The van der Waals surface area contributed by atoms with Crippen LogP contribution in [0.3, 0.4) is 0 Å². The van der Waals surface area contributed by atoms with Crippen molar-refractivity contribution in [3.8, 4) is 0 Å². The maximum atomic E-state index is 12.3. The summed E-state index contributed by atoms with van der Waals surface area (Å²) in [5.74, 6) is 0.671. The van der Waals surface area contributed by atoms with Gasteiger partial charge in [0.25, 0.3) is 0 Å². The third-order valence-corrected chi connectivity index (χ3v) is 5.90. The minimum absolute atomic E-state index is 0.170. The molecule has 1 N–H and O–H groups in total. The molecular weight excluding hydrogens is 304 g/mol. The number of carbonyl (C=O) groups excluding carboxylic acids is 1. The number of nitrogens with one attached hydrogen (secondary N) is 1. The number of amides is 1. The maximum absolute atomic E-state index is 12.3. The molecule has 0 bridgehead atoms. The summed E-state index contributed by atoms with van der Waals surface area (Å²) in [4.78, 5) is 14.2. The summed E-state index contributed by atoms with van der Waals surface area (Å²) in [7, 11) is 0. The van der Waals surface area contributed by atoms with Crippen LogP contribution in [0.5, 0.6) is 0 Å². The highest BCUT2D eigenvalue weighted by Gasteiger charge is 2.59. The van der Waals surface area contributed by atoms with Gasteiger partial charge < -0.3 is 19.7 Å². The first-order valence-electron chi connectivity index (χ1n) is 9.54. The zero-order valence-electron chi connectivity index (χ0n) is 15.9. The van der Waals surface area contributed by atoms with Crippen LogP contribution >= 0.6 is 0 Å². The van der Waals surface area contributed by atoms with Gasteiger partial charge in [-0.05, 0) is 46.5 Å². The van der Waals surface area contributed by atoms with Gasteiger partial charge in [0.15, 0.2) is 0 Å². The molecule has 3 rings (SSSR count). The number of likely N-dealkylation sites (tertiary alicyclic amines) is 1. The second-order valence-electron chi connectivity index (χ2n) is 9.30. The van der Waals surface area contributed by atoms with E-state index in [4.69, 9.17) is 9.47 Å². The highest BCUT2D eigenvalue weighted by Crippen LogP contribution is 2.52. The first kappa shape index (κ1) is 18.0. The number of carbonyl (C=O) groups is 1. The van der Waals surface area contributed by atoms with Crippen LogP contribution < -0.4 is 5.32 Å². The van der Waals surface area contributed by atoms with Crippen molar-refractivity contribution in [1.29, 1.82) is 0 Å². The molecule has 4 atom stereocenters. The van der Waals surface area contributed by atoms with Gasteiger partial charge >= 0.3 is 6.09 Å². The van der Waals surface area contributed by atoms with Crippen molar-refractivity contribution in [2.75, 3.05) is 19.7 Å². The molecule has 5 nitrogen and oxygen atoms in total. The molecule has 3 aliphatic rings. The standard InChI is InChI=1S/C19H34N2O3/c1-18(2,3)24-17(22)21-10-6-7-13(8-11-21)20-15-14-9-12-23-16(14)19(15,4)5/h13-16,20H,6-12H2,1-5H3/t13-,14-,15+,16+/m0/s1. The van der Waals surface area contributed by atoms with Gasteiger partial charge in [0.2, 0.25) is 0 Å². The monoisotopic (exact) mass is 338 g/mol. The van der Waals surface area contributed by atoms with E-state index >= 15 is 0 Å². The van der Waals surface area contributed by atoms with E-state index in [0.717, 1.165) is 39.0 Å². The quantitative estimate of drug-likeness (QED) is 0.840. The Balaban J connectivity index is 1.52. The molecule has 1 aliphatic carbocycles. The Bertz CT molecular complexity index is 472. The van der Waals surface area contributed by atoms with Crippen LogP contribution in [0.15, 0.2) is 0 Å². The summed E-state index contributed by atoms with van der Waals surface area (Å²) < 4.78 is 11.4. The van der Waals surface area contributed by atoms with E-state index in [1.54, 1.807) is 0 Å². The molecule has 24 heavy (non-hydrogen) atoms. The number of rotatable bonds is 2. The van der Waals surface area contributed by atoms with Crippen molar-refractivity contribution < 1.29 is 14.3 Å². The van der Waals surface area contributed by atoms with E-state index in [9.17, 15) is 4.79 Å². The summed E-state index contributed by atoms with van der Waals surface area (Å²) >= 11 is 0. The Morgan fingerprint density at radius 2 is 1.96 bits per heavy atom. The normalized spacial score (nSPS) is 35.8. The number of hydrogen-bond donors (Lipinski definition) is 1. The molecule has 0 spiro atoms. The van der Waals surface area contributed by atoms with Gasteiger partial charge in [0.05, 0.1) is 6.10 Å². The average Bonchev–Trinajstić information content (AvgIpc) is 2.79. The van der Waals surface area contributed by atoms with Crippen LogP contribution in [0.4, 0.5) is 4.79 Å². The molecule has 0 aromatic rings. The van der Waals surface area contributed by atoms with E-state index in [1.165, 1.54) is 6.42 Å². The van der Waals surface area contributed by atoms with Crippen molar-refractivity contribution in [3.63, 3.8) is 0 Å². The Morgan fingerprint density at radius 1 is 1.21 bits per heavy atom. The van der Waals surface area contributed by atoms with Crippen LogP contribution in [0.25, 0.3) is 0 Å². The molecule has 0 radical (unpaired) electrons. The summed E-state index contributed by atoms with van der Waals surface area (Å²) in [6.07, 6.45) is 4.61. The molecule has 0 aromatic heterocycles. The lowest BCUT2D eigenvalue weighted by Gasteiger charge is -2.56. The molecule has 5 heteroatoms. The second-order valence-corrected chi connectivity index (χ2v) is 9.30. The van der Waals surface area contributed by atoms with E-state index in [2.05, 4.69) is 19.2 Å². The van der Waals surface area contributed by atoms with Crippen molar-refractivity contribution in [1.82, 2.24) is 10.2 Å². The fourth-order valence-corrected chi connectivity index (χ4v) is 4.69. The summed E-state index contributed by atoms with van der Waals surface area (Å²) in [6, 6.07) is 1.03. The van der Waals surface area contributed by atoms with Crippen LogP contribution in [-0.2, 0) is 9.47 Å². The lowest BCUT2D eigenvalue weighted by atomic mass is 9.57. The van der Waals surface area contributed by atoms with Crippen molar-refractivity contribution in [2.24, 2.45) is 11.3 Å². The first-order chi connectivity index (χ1) is 11.2. The van der Waals surface area contributed by atoms with Crippen molar-refractivity contribution in [2.45, 2.75) is 84.1 Å². The molecule has 3 fully saturated rings. The van der Waals surface area contributed by atoms with Gasteiger partial charge in [-0.3, -0.25) is 0 Å². The third-order valence-electron chi connectivity index (χ3n) is 5.90. The molecule has 1 saturated carbocycles. The molecule has 1 amide bonds.